The molecule has 23 heavy (non-hydrogen) atoms. The van der Waals surface area contributed by atoms with Crippen molar-refractivity contribution in [3.63, 3.8) is 0 Å². The summed E-state index contributed by atoms with van der Waals surface area (Å²) in [6.07, 6.45) is 6.87. The molecule has 1 aliphatic rings. The summed E-state index contributed by atoms with van der Waals surface area (Å²) in [5.41, 5.74) is 9.15. The molecule has 0 radical (unpaired) electrons. The first-order valence-electron chi connectivity index (χ1n) is 7.57. The van der Waals surface area contributed by atoms with Crippen LogP contribution in [0.25, 0.3) is 10.2 Å². The third-order valence-electron chi connectivity index (χ3n) is 4.36. The number of ketones is 1. The second kappa shape index (κ2) is 5.31. The highest BCUT2D eigenvalue weighted by atomic mass is 32.1. The highest BCUT2D eigenvalue weighted by Gasteiger charge is 2.24. The van der Waals surface area contributed by atoms with Gasteiger partial charge in [-0.3, -0.25) is 14.6 Å². The summed E-state index contributed by atoms with van der Waals surface area (Å²) < 4.78 is 0. The van der Waals surface area contributed by atoms with Crippen molar-refractivity contribution in [2.45, 2.75) is 25.7 Å². The van der Waals surface area contributed by atoms with Gasteiger partial charge in [-0.05, 0) is 43.4 Å². The first-order valence-corrected chi connectivity index (χ1v) is 8.39. The van der Waals surface area contributed by atoms with Crippen molar-refractivity contribution in [2.75, 3.05) is 5.73 Å². The lowest BCUT2D eigenvalue weighted by molar-refractivity contribution is 0.104. The summed E-state index contributed by atoms with van der Waals surface area (Å²) in [5.74, 6) is -0.128. The lowest BCUT2D eigenvalue weighted by Gasteiger charge is -2.15. The number of rotatable bonds is 2. The Morgan fingerprint density at radius 2 is 1.87 bits per heavy atom. The summed E-state index contributed by atoms with van der Waals surface area (Å²) in [7, 11) is 0. The first-order chi connectivity index (χ1) is 11.2. The Morgan fingerprint density at radius 1 is 1.17 bits per heavy atom. The van der Waals surface area contributed by atoms with Gasteiger partial charge in [-0.15, -0.1) is 11.3 Å². The molecule has 1 aliphatic carbocycles. The highest BCUT2D eigenvalue weighted by Crippen LogP contribution is 2.38. The van der Waals surface area contributed by atoms with Crippen LogP contribution in [0.2, 0.25) is 0 Å². The molecule has 0 unspecified atom stereocenters. The fourth-order valence-corrected chi connectivity index (χ4v) is 4.35. The number of hydrogen-bond acceptors (Lipinski definition) is 5. The monoisotopic (exact) mass is 325 g/mol. The third kappa shape index (κ3) is 2.17. The van der Waals surface area contributed by atoms with E-state index in [-0.39, 0.29) is 11.3 Å². The number of aryl methyl sites for hydroxylation is 1. The Kier molecular flexibility index (Phi) is 3.27. The maximum atomic E-state index is 12.7. The number of fused-ring (bicyclic) bond motifs is 3. The first kappa shape index (κ1) is 14.1. The third-order valence-corrected chi connectivity index (χ3v) is 5.48. The molecule has 0 amide bonds. The average Bonchev–Trinajstić information content (AvgIpc) is 2.92. The molecule has 0 fully saturated rings. The Bertz CT molecular complexity index is 973. The fourth-order valence-electron chi connectivity index (χ4n) is 3.24. The smallest absolute Gasteiger partial charge is 0.252 e. The standard InChI is InChI=1S/C17H15N3O2S/c18-13-12-10-3-1-2-4-11(10)16(22)20-17(12)23-15(13)14(21)9-5-7-19-8-6-9/h5-8H,1-4,18H2,(H,20,22). The normalized spacial score (nSPS) is 13.9. The van der Waals surface area contributed by atoms with Crippen LogP contribution in [0, 0.1) is 0 Å². The van der Waals surface area contributed by atoms with Crippen molar-refractivity contribution in [1.82, 2.24) is 9.97 Å². The van der Waals surface area contributed by atoms with Crippen LogP contribution in [-0.4, -0.2) is 15.8 Å². The predicted molar refractivity (Wildman–Crippen MR) is 91.2 cm³/mol. The van der Waals surface area contributed by atoms with Gasteiger partial charge in [0.15, 0.2) is 0 Å². The maximum Gasteiger partial charge on any atom is 0.252 e. The Hall–Kier alpha value is -2.47. The molecule has 0 spiro atoms. The number of H-pyrrole nitrogens is 1. The zero-order valence-electron chi connectivity index (χ0n) is 12.4. The largest absolute Gasteiger partial charge is 0.397 e. The molecule has 0 bridgehead atoms. The summed E-state index contributed by atoms with van der Waals surface area (Å²) >= 11 is 1.26. The van der Waals surface area contributed by atoms with Crippen LogP contribution in [0.5, 0.6) is 0 Å². The van der Waals surface area contributed by atoms with E-state index in [1.165, 1.54) is 11.3 Å². The molecular weight excluding hydrogens is 310 g/mol. The number of pyridine rings is 2. The molecule has 5 nitrogen and oxygen atoms in total. The molecule has 0 saturated carbocycles. The fraction of sp³-hybridized carbons (Fsp3) is 0.235. The molecular formula is C17H15N3O2S. The van der Waals surface area contributed by atoms with Gasteiger partial charge < -0.3 is 10.7 Å². The van der Waals surface area contributed by atoms with Crippen molar-refractivity contribution in [2.24, 2.45) is 0 Å². The summed E-state index contributed by atoms with van der Waals surface area (Å²) in [6, 6.07) is 3.34. The van der Waals surface area contributed by atoms with Crippen molar-refractivity contribution in [3.8, 4) is 0 Å². The van der Waals surface area contributed by atoms with Crippen LogP contribution in [0.1, 0.15) is 39.2 Å². The number of aromatic amines is 1. The van der Waals surface area contributed by atoms with Gasteiger partial charge in [-0.1, -0.05) is 0 Å². The van der Waals surface area contributed by atoms with Gasteiger partial charge in [0.25, 0.3) is 5.56 Å². The molecule has 3 heterocycles. The summed E-state index contributed by atoms with van der Waals surface area (Å²) in [6.45, 7) is 0. The maximum absolute atomic E-state index is 12.7. The SMILES string of the molecule is Nc1c(C(=O)c2ccncc2)sc2[nH]c(=O)c3c(c12)CCCC3. The van der Waals surface area contributed by atoms with E-state index in [0.29, 0.717) is 21.0 Å². The number of nitrogens with zero attached hydrogens (tertiary/aromatic N) is 1. The van der Waals surface area contributed by atoms with Crippen LogP contribution in [0.15, 0.2) is 29.3 Å². The molecule has 3 aromatic heterocycles. The number of carbonyl (C=O) groups is 1. The van der Waals surface area contributed by atoms with Gasteiger partial charge in [-0.25, -0.2) is 0 Å². The van der Waals surface area contributed by atoms with Crippen molar-refractivity contribution in [3.05, 3.63) is 56.4 Å². The zero-order valence-corrected chi connectivity index (χ0v) is 13.2. The lowest BCUT2D eigenvalue weighted by Crippen LogP contribution is -2.18. The van der Waals surface area contributed by atoms with E-state index >= 15 is 0 Å². The molecule has 4 rings (SSSR count). The highest BCUT2D eigenvalue weighted by molar-refractivity contribution is 7.21. The molecule has 6 heteroatoms. The van der Waals surface area contributed by atoms with E-state index in [2.05, 4.69) is 9.97 Å². The van der Waals surface area contributed by atoms with Crippen LogP contribution in [0.4, 0.5) is 5.69 Å². The van der Waals surface area contributed by atoms with E-state index < -0.39 is 0 Å². The minimum atomic E-state index is -0.128. The Labute approximate surface area is 136 Å². The van der Waals surface area contributed by atoms with Crippen molar-refractivity contribution >= 4 is 33.0 Å². The van der Waals surface area contributed by atoms with Gasteiger partial charge in [0.2, 0.25) is 5.78 Å². The topological polar surface area (TPSA) is 88.8 Å². The van der Waals surface area contributed by atoms with Gasteiger partial charge in [0.05, 0.1) is 5.69 Å². The Balaban J connectivity index is 1.95. The van der Waals surface area contributed by atoms with E-state index in [0.717, 1.165) is 42.2 Å². The van der Waals surface area contributed by atoms with Gasteiger partial charge in [0.1, 0.15) is 9.71 Å². The van der Waals surface area contributed by atoms with E-state index in [9.17, 15) is 9.59 Å². The second-order valence-electron chi connectivity index (χ2n) is 5.73. The molecule has 0 saturated heterocycles. The van der Waals surface area contributed by atoms with Crippen LogP contribution >= 0.6 is 11.3 Å². The summed E-state index contributed by atoms with van der Waals surface area (Å²) in [4.78, 5) is 33.0. The number of aromatic nitrogens is 2. The molecule has 3 aromatic rings. The van der Waals surface area contributed by atoms with E-state index in [1.807, 2.05) is 0 Å². The second-order valence-corrected chi connectivity index (χ2v) is 6.75. The van der Waals surface area contributed by atoms with Gasteiger partial charge in [0, 0.05) is 28.9 Å². The molecule has 0 atom stereocenters. The minimum Gasteiger partial charge on any atom is -0.397 e. The summed E-state index contributed by atoms with van der Waals surface area (Å²) in [5, 5.41) is 0.863. The number of nitrogens with two attached hydrogens (primary N) is 1. The van der Waals surface area contributed by atoms with E-state index in [4.69, 9.17) is 5.73 Å². The molecule has 116 valence electrons. The molecule has 0 aromatic carbocycles. The number of anilines is 1. The molecule has 3 N–H and O–H groups in total. The lowest BCUT2D eigenvalue weighted by atomic mass is 9.90. The molecule has 0 aliphatic heterocycles. The number of carbonyl (C=O) groups excluding carboxylic acids is 1. The predicted octanol–water partition coefficient (Wildman–Crippen LogP) is 2.68. The number of nitrogens with one attached hydrogen (secondary N) is 1. The number of nitrogen functional groups attached to an aromatic ring is 1. The minimum absolute atomic E-state index is 0.0450. The average molecular weight is 325 g/mol. The number of hydrogen-bond donors (Lipinski definition) is 2. The number of thiophene rings is 1. The quantitative estimate of drug-likeness (QED) is 0.709. The Morgan fingerprint density at radius 3 is 2.61 bits per heavy atom. The van der Waals surface area contributed by atoms with Gasteiger partial charge >= 0.3 is 0 Å². The zero-order chi connectivity index (χ0) is 16.0. The van der Waals surface area contributed by atoms with Crippen LogP contribution < -0.4 is 11.3 Å². The van der Waals surface area contributed by atoms with Crippen LogP contribution in [0.3, 0.4) is 0 Å². The van der Waals surface area contributed by atoms with Crippen molar-refractivity contribution in [1.29, 1.82) is 0 Å². The van der Waals surface area contributed by atoms with Crippen LogP contribution in [-0.2, 0) is 12.8 Å². The van der Waals surface area contributed by atoms with Crippen molar-refractivity contribution < 1.29 is 4.79 Å². The van der Waals surface area contributed by atoms with Gasteiger partial charge in [-0.2, -0.15) is 0 Å². The van der Waals surface area contributed by atoms with E-state index in [1.54, 1.807) is 24.5 Å².